The second kappa shape index (κ2) is 6.03. The standard InChI is InChI=1S/C11H14F2N2O2/c1-7(10(16)14-2)15-8-3-5-9(6-4-8)17-11(12)13/h3-7,11,15H,1-2H3,(H,14,16). The van der Waals surface area contributed by atoms with Crippen molar-refractivity contribution in [1.29, 1.82) is 0 Å². The molecule has 1 atom stereocenters. The number of ether oxygens (including phenoxy) is 1. The van der Waals surface area contributed by atoms with E-state index in [9.17, 15) is 13.6 Å². The predicted molar refractivity (Wildman–Crippen MR) is 60.2 cm³/mol. The quantitative estimate of drug-likeness (QED) is 0.830. The van der Waals surface area contributed by atoms with Crippen LogP contribution in [0, 0.1) is 0 Å². The Morgan fingerprint density at radius 2 is 1.88 bits per heavy atom. The van der Waals surface area contributed by atoms with Crippen molar-refractivity contribution in [3.8, 4) is 5.75 Å². The van der Waals surface area contributed by atoms with Crippen molar-refractivity contribution < 1.29 is 18.3 Å². The molecule has 4 nitrogen and oxygen atoms in total. The smallest absolute Gasteiger partial charge is 0.387 e. The van der Waals surface area contributed by atoms with Crippen LogP contribution in [-0.4, -0.2) is 25.6 Å². The summed E-state index contributed by atoms with van der Waals surface area (Å²) in [5.41, 5.74) is 0.655. The van der Waals surface area contributed by atoms with Gasteiger partial charge >= 0.3 is 6.61 Å². The van der Waals surface area contributed by atoms with E-state index < -0.39 is 12.7 Å². The van der Waals surface area contributed by atoms with Gasteiger partial charge < -0.3 is 15.4 Å². The van der Waals surface area contributed by atoms with Crippen LogP contribution in [0.5, 0.6) is 5.75 Å². The summed E-state index contributed by atoms with van der Waals surface area (Å²) < 4.78 is 28.0. The monoisotopic (exact) mass is 244 g/mol. The summed E-state index contributed by atoms with van der Waals surface area (Å²) >= 11 is 0. The van der Waals surface area contributed by atoms with Crippen molar-refractivity contribution in [2.45, 2.75) is 19.6 Å². The topological polar surface area (TPSA) is 50.4 Å². The first-order chi connectivity index (χ1) is 8.02. The third-order valence-electron chi connectivity index (χ3n) is 2.10. The van der Waals surface area contributed by atoms with Gasteiger partial charge in [-0.25, -0.2) is 0 Å². The fourth-order valence-electron chi connectivity index (χ4n) is 1.26. The molecule has 17 heavy (non-hydrogen) atoms. The van der Waals surface area contributed by atoms with E-state index in [0.717, 1.165) is 0 Å². The van der Waals surface area contributed by atoms with Crippen molar-refractivity contribution in [1.82, 2.24) is 5.32 Å². The van der Waals surface area contributed by atoms with Gasteiger partial charge in [0, 0.05) is 12.7 Å². The molecule has 1 rings (SSSR count). The molecule has 0 aliphatic rings. The Bertz CT molecular complexity index is 368. The van der Waals surface area contributed by atoms with Crippen LogP contribution in [-0.2, 0) is 4.79 Å². The summed E-state index contributed by atoms with van der Waals surface area (Å²) in [7, 11) is 1.54. The summed E-state index contributed by atoms with van der Waals surface area (Å²) in [5.74, 6) is -0.0731. The van der Waals surface area contributed by atoms with E-state index >= 15 is 0 Å². The van der Waals surface area contributed by atoms with Gasteiger partial charge in [-0.3, -0.25) is 4.79 Å². The van der Waals surface area contributed by atoms with Crippen molar-refractivity contribution in [3.63, 3.8) is 0 Å². The van der Waals surface area contributed by atoms with Gasteiger partial charge in [0.25, 0.3) is 0 Å². The van der Waals surface area contributed by atoms with E-state index in [2.05, 4.69) is 15.4 Å². The molecule has 0 spiro atoms. The number of hydrogen-bond acceptors (Lipinski definition) is 3. The maximum atomic E-state index is 11.9. The van der Waals surface area contributed by atoms with Crippen LogP contribution in [0.2, 0.25) is 0 Å². The number of amides is 1. The Labute approximate surface area is 98.0 Å². The summed E-state index contributed by atoms with van der Waals surface area (Å²) in [4.78, 5) is 11.2. The SMILES string of the molecule is CNC(=O)C(C)Nc1ccc(OC(F)F)cc1. The second-order valence-corrected chi connectivity index (χ2v) is 3.38. The zero-order valence-electron chi connectivity index (χ0n) is 9.54. The number of halogens is 2. The average Bonchev–Trinajstić information content (AvgIpc) is 2.30. The number of benzene rings is 1. The van der Waals surface area contributed by atoms with Crippen LogP contribution in [0.25, 0.3) is 0 Å². The minimum absolute atomic E-state index is 0.0816. The number of likely N-dealkylation sites (N-methyl/N-ethyl adjacent to an activating group) is 1. The van der Waals surface area contributed by atoms with E-state index in [1.807, 2.05) is 0 Å². The molecule has 2 N–H and O–H groups in total. The summed E-state index contributed by atoms with van der Waals surface area (Å²) in [6.45, 7) is -1.14. The lowest BCUT2D eigenvalue weighted by atomic mass is 10.2. The Kier molecular flexibility index (Phi) is 4.68. The number of rotatable bonds is 5. The van der Waals surface area contributed by atoms with E-state index in [1.54, 1.807) is 26.1 Å². The van der Waals surface area contributed by atoms with Gasteiger partial charge in [-0.1, -0.05) is 0 Å². The molecular formula is C11H14F2N2O2. The Balaban J connectivity index is 2.59. The van der Waals surface area contributed by atoms with Crippen LogP contribution in [0.4, 0.5) is 14.5 Å². The number of nitrogens with one attached hydrogen (secondary N) is 2. The van der Waals surface area contributed by atoms with Crippen LogP contribution < -0.4 is 15.4 Å². The highest BCUT2D eigenvalue weighted by atomic mass is 19.3. The molecule has 1 aromatic carbocycles. The number of carbonyl (C=O) groups is 1. The van der Waals surface area contributed by atoms with E-state index in [4.69, 9.17) is 0 Å². The summed E-state index contributed by atoms with van der Waals surface area (Å²) in [6.07, 6.45) is 0. The molecule has 6 heteroatoms. The molecule has 0 fully saturated rings. The Hall–Kier alpha value is -1.85. The summed E-state index contributed by atoms with van der Waals surface area (Å²) in [5, 5.41) is 5.42. The average molecular weight is 244 g/mol. The van der Waals surface area contributed by atoms with Gasteiger partial charge in [0.2, 0.25) is 5.91 Å². The van der Waals surface area contributed by atoms with Crippen molar-refractivity contribution >= 4 is 11.6 Å². The molecule has 0 aromatic heterocycles. The third kappa shape index (κ3) is 4.26. The first-order valence-electron chi connectivity index (χ1n) is 5.06. The molecule has 0 saturated carbocycles. The highest BCUT2D eigenvalue weighted by Gasteiger charge is 2.10. The first kappa shape index (κ1) is 13.2. The highest BCUT2D eigenvalue weighted by molar-refractivity contribution is 5.83. The van der Waals surface area contributed by atoms with Gasteiger partial charge in [-0.05, 0) is 31.2 Å². The largest absolute Gasteiger partial charge is 0.435 e. The molecular weight excluding hydrogens is 230 g/mol. The van der Waals surface area contributed by atoms with E-state index in [-0.39, 0.29) is 11.7 Å². The number of carbonyl (C=O) groups excluding carboxylic acids is 1. The van der Waals surface area contributed by atoms with Gasteiger partial charge in [-0.15, -0.1) is 0 Å². The maximum absolute atomic E-state index is 11.9. The highest BCUT2D eigenvalue weighted by Crippen LogP contribution is 2.18. The molecule has 0 saturated heterocycles. The van der Waals surface area contributed by atoms with E-state index in [0.29, 0.717) is 5.69 Å². The normalized spacial score (nSPS) is 12.1. The number of alkyl halides is 2. The molecule has 94 valence electrons. The Morgan fingerprint density at radius 3 is 2.35 bits per heavy atom. The second-order valence-electron chi connectivity index (χ2n) is 3.38. The Morgan fingerprint density at radius 1 is 1.29 bits per heavy atom. The van der Waals surface area contributed by atoms with Crippen molar-refractivity contribution in [2.24, 2.45) is 0 Å². The predicted octanol–water partition coefficient (Wildman–Crippen LogP) is 1.83. The molecule has 1 unspecified atom stereocenters. The third-order valence-corrected chi connectivity index (χ3v) is 2.10. The summed E-state index contributed by atoms with van der Waals surface area (Å²) in [6, 6.07) is 5.55. The van der Waals surface area contributed by atoms with Crippen LogP contribution in [0.15, 0.2) is 24.3 Å². The van der Waals surface area contributed by atoms with E-state index in [1.165, 1.54) is 12.1 Å². The molecule has 0 aliphatic carbocycles. The number of hydrogen-bond donors (Lipinski definition) is 2. The zero-order chi connectivity index (χ0) is 12.8. The van der Waals surface area contributed by atoms with Crippen LogP contribution >= 0.6 is 0 Å². The minimum Gasteiger partial charge on any atom is -0.435 e. The fraction of sp³-hybridized carbons (Fsp3) is 0.364. The minimum atomic E-state index is -2.83. The molecule has 0 bridgehead atoms. The molecule has 0 aliphatic heterocycles. The lowest BCUT2D eigenvalue weighted by Crippen LogP contribution is -2.35. The number of anilines is 1. The lowest BCUT2D eigenvalue weighted by Gasteiger charge is -2.14. The van der Waals surface area contributed by atoms with Gasteiger partial charge in [0.1, 0.15) is 11.8 Å². The van der Waals surface area contributed by atoms with Gasteiger partial charge in [-0.2, -0.15) is 8.78 Å². The van der Waals surface area contributed by atoms with Gasteiger partial charge in [0.15, 0.2) is 0 Å². The molecule has 0 radical (unpaired) electrons. The molecule has 1 amide bonds. The van der Waals surface area contributed by atoms with Crippen molar-refractivity contribution in [3.05, 3.63) is 24.3 Å². The van der Waals surface area contributed by atoms with Crippen LogP contribution in [0.1, 0.15) is 6.92 Å². The molecule has 0 heterocycles. The fourth-order valence-corrected chi connectivity index (χ4v) is 1.26. The first-order valence-corrected chi connectivity index (χ1v) is 5.06. The lowest BCUT2D eigenvalue weighted by molar-refractivity contribution is -0.121. The zero-order valence-corrected chi connectivity index (χ0v) is 9.54. The van der Waals surface area contributed by atoms with Gasteiger partial charge in [0.05, 0.1) is 0 Å². The van der Waals surface area contributed by atoms with Crippen LogP contribution in [0.3, 0.4) is 0 Å². The molecule has 1 aromatic rings. The maximum Gasteiger partial charge on any atom is 0.387 e. The van der Waals surface area contributed by atoms with Crippen molar-refractivity contribution in [2.75, 3.05) is 12.4 Å².